The number of ether oxygens (including phenoxy) is 1. The van der Waals surface area contributed by atoms with Gasteiger partial charge in [0.2, 0.25) is 5.70 Å². The fraction of sp³-hybridized carbons (Fsp3) is 0.615. The SMILES string of the molecule is CCC=CCC=C(CCCCC(=O)OC)[N+](=O)[O-]. The van der Waals surface area contributed by atoms with E-state index in [1.807, 2.05) is 19.1 Å². The van der Waals surface area contributed by atoms with E-state index in [0.29, 0.717) is 32.1 Å². The molecule has 0 spiro atoms. The Morgan fingerprint density at radius 1 is 1.28 bits per heavy atom. The molecule has 0 aromatic heterocycles. The first-order chi connectivity index (χ1) is 8.61. The van der Waals surface area contributed by atoms with E-state index >= 15 is 0 Å². The first kappa shape index (κ1) is 16.4. The van der Waals surface area contributed by atoms with Crippen LogP contribution in [0.3, 0.4) is 0 Å². The minimum atomic E-state index is -0.349. The smallest absolute Gasteiger partial charge is 0.305 e. The summed E-state index contributed by atoms with van der Waals surface area (Å²) in [6.07, 6.45) is 8.98. The average molecular weight is 255 g/mol. The van der Waals surface area contributed by atoms with E-state index in [4.69, 9.17) is 0 Å². The number of esters is 1. The van der Waals surface area contributed by atoms with Crippen LogP contribution in [0.1, 0.15) is 45.4 Å². The van der Waals surface area contributed by atoms with E-state index in [1.54, 1.807) is 6.08 Å². The molecule has 0 aliphatic carbocycles. The maximum atomic E-state index is 10.9. The normalized spacial score (nSPS) is 11.8. The van der Waals surface area contributed by atoms with E-state index in [2.05, 4.69) is 4.74 Å². The van der Waals surface area contributed by atoms with Gasteiger partial charge in [0.15, 0.2) is 0 Å². The van der Waals surface area contributed by atoms with Crippen LogP contribution in [0, 0.1) is 10.1 Å². The topological polar surface area (TPSA) is 69.4 Å². The highest BCUT2D eigenvalue weighted by Crippen LogP contribution is 2.11. The summed E-state index contributed by atoms with van der Waals surface area (Å²) in [6.45, 7) is 2.02. The van der Waals surface area contributed by atoms with Gasteiger partial charge in [-0.2, -0.15) is 0 Å². The van der Waals surface area contributed by atoms with Crippen LogP contribution in [0.4, 0.5) is 0 Å². The van der Waals surface area contributed by atoms with Gasteiger partial charge in [0, 0.05) is 12.8 Å². The lowest BCUT2D eigenvalue weighted by molar-refractivity contribution is -0.428. The van der Waals surface area contributed by atoms with Crippen molar-refractivity contribution in [3.63, 3.8) is 0 Å². The number of allylic oxidation sites excluding steroid dienone is 4. The molecule has 0 N–H and O–H groups in total. The number of unbranched alkanes of at least 4 members (excludes halogenated alkanes) is 1. The first-order valence-corrected chi connectivity index (χ1v) is 6.17. The van der Waals surface area contributed by atoms with Crippen LogP contribution in [-0.4, -0.2) is 18.0 Å². The lowest BCUT2D eigenvalue weighted by atomic mass is 10.1. The third-order valence-electron chi connectivity index (χ3n) is 2.42. The van der Waals surface area contributed by atoms with Crippen molar-refractivity contribution in [3.05, 3.63) is 34.0 Å². The van der Waals surface area contributed by atoms with Gasteiger partial charge >= 0.3 is 5.97 Å². The van der Waals surface area contributed by atoms with Crippen molar-refractivity contribution in [2.75, 3.05) is 7.11 Å². The molecule has 102 valence electrons. The zero-order valence-corrected chi connectivity index (χ0v) is 11.1. The number of methoxy groups -OCH3 is 1. The molecule has 0 heterocycles. The summed E-state index contributed by atoms with van der Waals surface area (Å²) < 4.78 is 4.50. The van der Waals surface area contributed by atoms with Crippen molar-refractivity contribution >= 4 is 5.97 Å². The van der Waals surface area contributed by atoms with Crippen molar-refractivity contribution in [2.24, 2.45) is 0 Å². The predicted molar refractivity (Wildman–Crippen MR) is 69.6 cm³/mol. The Balaban J connectivity index is 4.01. The van der Waals surface area contributed by atoms with E-state index < -0.39 is 0 Å². The largest absolute Gasteiger partial charge is 0.469 e. The molecule has 0 rings (SSSR count). The van der Waals surface area contributed by atoms with Crippen molar-refractivity contribution in [1.82, 2.24) is 0 Å². The molecule has 0 radical (unpaired) electrons. The summed E-state index contributed by atoms with van der Waals surface area (Å²) in [6, 6.07) is 0. The highest BCUT2D eigenvalue weighted by molar-refractivity contribution is 5.68. The van der Waals surface area contributed by atoms with E-state index in [0.717, 1.165) is 6.42 Å². The zero-order chi connectivity index (χ0) is 13.8. The Morgan fingerprint density at radius 2 is 1.94 bits per heavy atom. The van der Waals surface area contributed by atoms with Crippen LogP contribution in [0.15, 0.2) is 23.9 Å². The maximum Gasteiger partial charge on any atom is 0.305 e. The van der Waals surface area contributed by atoms with Crippen LogP contribution < -0.4 is 0 Å². The minimum Gasteiger partial charge on any atom is -0.469 e. The lowest BCUT2D eigenvalue weighted by Gasteiger charge is -1.99. The van der Waals surface area contributed by atoms with E-state index in [-0.39, 0.29) is 16.6 Å². The fourth-order valence-corrected chi connectivity index (χ4v) is 1.41. The molecular formula is C13H21NO4. The molecule has 0 bridgehead atoms. The van der Waals surface area contributed by atoms with Crippen molar-refractivity contribution in [1.29, 1.82) is 0 Å². The third-order valence-corrected chi connectivity index (χ3v) is 2.42. The molecule has 0 atom stereocenters. The lowest BCUT2D eigenvalue weighted by Crippen LogP contribution is -2.01. The Bertz CT molecular complexity index is 321. The molecule has 0 saturated heterocycles. The highest BCUT2D eigenvalue weighted by atomic mass is 16.6. The van der Waals surface area contributed by atoms with E-state index in [9.17, 15) is 14.9 Å². The van der Waals surface area contributed by atoms with Gasteiger partial charge in [-0.05, 0) is 31.8 Å². The third kappa shape index (κ3) is 8.50. The summed E-state index contributed by atoms with van der Waals surface area (Å²) in [4.78, 5) is 21.3. The second-order valence-electron chi connectivity index (χ2n) is 3.85. The standard InChI is InChI=1S/C13H21NO4/c1-3-4-5-6-9-12(14(16)17)10-7-8-11-13(15)18-2/h4-5,9H,3,6-8,10-11H2,1-2H3. The van der Waals surface area contributed by atoms with E-state index in [1.165, 1.54) is 7.11 Å². The molecule has 5 nitrogen and oxygen atoms in total. The number of nitro groups is 1. The first-order valence-electron chi connectivity index (χ1n) is 6.17. The van der Waals surface area contributed by atoms with Gasteiger partial charge < -0.3 is 4.74 Å². The number of carbonyl (C=O) groups excluding carboxylic acids is 1. The molecule has 0 fully saturated rings. The molecule has 5 heteroatoms. The molecule has 0 saturated carbocycles. The second-order valence-corrected chi connectivity index (χ2v) is 3.85. The van der Waals surface area contributed by atoms with Gasteiger partial charge in [0.1, 0.15) is 0 Å². The van der Waals surface area contributed by atoms with Gasteiger partial charge in [0.25, 0.3) is 0 Å². The van der Waals surface area contributed by atoms with Gasteiger partial charge in [-0.1, -0.05) is 19.1 Å². The molecule has 0 aliphatic rings. The summed E-state index contributed by atoms with van der Waals surface area (Å²) in [5, 5.41) is 10.8. The van der Waals surface area contributed by atoms with Crippen LogP contribution in [0.2, 0.25) is 0 Å². The average Bonchev–Trinajstić information content (AvgIpc) is 2.36. The van der Waals surface area contributed by atoms with Gasteiger partial charge in [-0.25, -0.2) is 0 Å². The number of rotatable bonds is 9. The maximum absolute atomic E-state index is 10.9. The molecule has 0 aliphatic heterocycles. The van der Waals surface area contributed by atoms with Crippen molar-refractivity contribution in [3.8, 4) is 0 Å². The summed E-state index contributed by atoms with van der Waals surface area (Å²) in [5.74, 6) is -0.271. The monoisotopic (exact) mass is 255 g/mol. The van der Waals surface area contributed by atoms with Gasteiger partial charge in [-0.15, -0.1) is 0 Å². The summed E-state index contributed by atoms with van der Waals surface area (Å²) in [7, 11) is 1.34. The van der Waals surface area contributed by atoms with Crippen LogP contribution in [0.5, 0.6) is 0 Å². The number of hydrogen-bond donors (Lipinski definition) is 0. The fourth-order valence-electron chi connectivity index (χ4n) is 1.41. The highest BCUT2D eigenvalue weighted by Gasteiger charge is 2.09. The number of carbonyl (C=O) groups is 1. The summed E-state index contributed by atoms with van der Waals surface area (Å²) >= 11 is 0. The molecular weight excluding hydrogens is 234 g/mol. The Hall–Kier alpha value is -1.65. The molecule has 0 aromatic rings. The van der Waals surface area contributed by atoms with Crippen molar-refractivity contribution < 1.29 is 14.5 Å². The molecule has 0 aromatic carbocycles. The number of nitrogens with zero attached hydrogens (tertiary/aromatic N) is 1. The Kier molecular flexibility index (Phi) is 9.54. The van der Waals surface area contributed by atoms with Crippen LogP contribution in [0.25, 0.3) is 0 Å². The Labute approximate surface area is 108 Å². The second kappa shape index (κ2) is 10.5. The minimum absolute atomic E-state index is 0.223. The van der Waals surface area contributed by atoms with Crippen LogP contribution >= 0.6 is 0 Å². The summed E-state index contributed by atoms with van der Waals surface area (Å²) in [5.41, 5.74) is 0.223. The van der Waals surface area contributed by atoms with Crippen LogP contribution in [-0.2, 0) is 9.53 Å². The van der Waals surface area contributed by atoms with Gasteiger partial charge in [0.05, 0.1) is 12.0 Å². The van der Waals surface area contributed by atoms with Crippen molar-refractivity contribution in [2.45, 2.75) is 45.4 Å². The molecule has 0 unspecified atom stereocenters. The van der Waals surface area contributed by atoms with Gasteiger partial charge in [-0.3, -0.25) is 14.9 Å². The quantitative estimate of drug-likeness (QED) is 0.208. The Morgan fingerprint density at radius 3 is 2.50 bits per heavy atom. The molecule has 0 amide bonds. The molecule has 18 heavy (non-hydrogen) atoms. The predicted octanol–water partition coefficient (Wildman–Crippen LogP) is 3.24. The number of hydrogen-bond acceptors (Lipinski definition) is 4. The zero-order valence-electron chi connectivity index (χ0n) is 11.1.